The molecular formula is C20H22ClNO3. The predicted molar refractivity (Wildman–Crippen MR) is 97.8 cm³/mol. The molecule has 2 aromatic rings. The van der Waals surface area contributed by atoms with E-state index >= 15 is 0 Å². The minimum Gasteiger partial charge on any atom is -0.484 e. The highest BCUT2D eigenvalue weighted by Crippen LogP contribution is 2.18. The molecule has 1 amide bonds. The smallest absolute Gasteiger partial charge is 0.260 e. The van der Waals surface area contributed by atoms with Gasteiger partial charge in [-0.1, -0.05) is 48.0 Å². The first kappa shape index (κ1) is 17.8. The molecule has 4 nitrogen and oxygen atoms in total. The minimum atomic E-state index is -0.0562. The molecule has 1 atom stereocenters. The third kappa shape index (κ3) is 5.48. The first-order valence-electron chi connectivity index (χ1n) is 8.52. The average molecular weight is 360 g/mol. The number of nitrogens with zero attached hydrogens (tertiary/aromatic N) is 1. The summed E-state index contributed by atoms with van der Waals surface area (Å²) in [5.74, 6) is 0.539. The molecule has 2 aromatic carbocycles. The number of benzene rings is 2. The standard InChI is InChI=1S/C20H22ClNO3/c21-17-8-4-9-18(12-17)25-15-20(23)22(14-19-10-5-11-24-19)13-16-6-2-1-3-7-16/h1-4,6-9,12,19H,5,10-11,13-15H2. The van der Waals surface area contributed by atoms with Gasteiger partial charge in [0.25, 0.3) is 5.91 Å². The number of hydrogen-bond acceptors (Lipinski definition) is 3. The Morgan fingerprint density at radius 1 is 1.20 bits per heavy atom. The maximum atomic E-state index is 12.7. The Balaban J connectivity index is 1.63. The van der Waals surface area contributed by atoms with Crippen LogP contribution in [0, 0.1) is 0 Å². The highest BCUT2D eigenvalue weighted by molar-refractivity contribution is 6.30. The van der Waals surface area contributed by atoms with Gasteiger partial charge in [0, 0.05) is 24.7 Å². The fourth-order valence-corrected chi connectivity index (χ4v) is 3.07. The van der Waals surface area contributed by atoms with E-state index in [4.69, 9.17) is 21.1 Å². The van der Waals surface area contributed by atoms with Crippen LogP contribution < -0.4 is 4.74 Å². The maximum absolute atomic E-state index is 12.7. The number of amides is 1. The van der Waals surface area contributed by atoms with Gasteiger partial charge < -0.3 is 14.4 Å². The molecule has 1 heterocycles. The van der Waals surface area contributed by atoms with Gasteiger partial charge in [-0.25, -0.2) is 0 Å². The fraction of sp³-hybridized carbons (Fsp3) is 0.350. The van der Waals surface area contributed by atoms with Crippen LogP contribution in [-0.2, 0) is 16.1 Å². The first-order valence-corrected chi connectivity index (χ1v) is 8.90. The molecule has 0 aliphatic carbocycles. The van der Waals surface area contributed by atoms with Crippen LogP contribution in [0.3, 0.4) is 0 Å². The predicted octanol–water partition coefficient (Wildman–Crippen LogP) is 3.93. The van der Waals surface area contributed by atoms with Gasteiger partial charge in [0.2, 0.25) is 0 Å². The molecule has 3 rings (SSSR count). The molecule has 0 aromatic heterocycles. The van der Waals surface area contributed by atoms with E-state index in [1.165, 1.54) is 0 Å². The van der Waals surface area contributed by atoms with Crippen LogP contribution in [0.15, 0.2) is 54.6 Å². The molecule has 5 heteroatoms. The number of carbonyl (C=O) groups is 1. The van der Waals surface area contributed by atoms with Crippen LogP contribution in [0.4, 0.5) is 0 Å². The lowest BCUT2D eigenvalue weighted by Crippen LogP contribution is -2.39. The van der Waals surface area contributed by atoms with Crippen molar-refractivity contribution in [3.8, 4) is 5.75 Å². The van der Waals surface area contributed by atoms with Crippen molar-refractivity contribution in [2.75, 3.05) is 19.8 Å². The summed E-state index contributed by atoms with van der Waals surface area (Å²) in [6.07, 6.45) is 2.16. The summed E-state index contributed by atoms with van der Waals surface area (Å²) in [5, 5.41) is 0.588. The van der Waals surface area contributed by atoms with E-state index in [1.54, 1.807) is 24.3 Å². The number of carbonyl (C=O) groups excluding carboxylic acids is 1. The fourth-order valence-electron chi connectivity index (χ4n) is 2.89. The Hall–Kier alpha value is -2.04. The van der Waals surface area contributed by atoms with Crippen LogP contribution in [0.2, 0.25) is 5.02 Å². The van der Waals surface area contributed by atoms with E-state index in [0.717, 1.165) is 25.0 Å². The van der Waals surface area contributed by atoms with Crippen molar-refractivity contribution in [3.63, 3.8) is 0 Å². The molecule has 25 heavy (non-hydrogen) atoms. The van der Waals surface area contributed by atoms with Crippen molar-refractivity contribution in [2.24, 2.45) is 0 Å². The van der Waals surface area contributed by atoms with Crippen LogP contribution in [0.25, 0.3) is 0 Å². The molecule has 1 aliphatic heterocycles. The van der Waals surface area contributed by atoms with Crippen LogP contribution >= 0.6 is 11.6 Å². The Kier molecular flexibility index (Phi) is 6.31. The van der Waals surface area contributed by atoms with Crippen molar-refractivity contribution < 1.29 is 14.3 Å². The lowest BCUT2D eigenvalue weighted by atomic mass is 10.2. The van der Waals surface area contributed by atoms with Crippen molar-refractivity contribution >= 4 is 17.5 Å². The molecule has 1 unspecified atom stereocenters. The molecule has 0 N–H and O–H groups in total. The van der Waals surface area contributed by atoms with Crippen LogP contribution in [0.1, 0.15) is 18.4 Å². The molecular weight excluding hydrogens is 338 g/mol. The second-order valence-electron chi connectivity index (χ2n) is 6.14. The summed E-state index contributed by atoms with van der Waals surface area (Å²) in [6, 6.07) is 17.0. The third-order valence-corrected chi connectivity index (χ3v) is 4.41. The number of rotatable bonds is 7. The van der Waals surface area contributed by atoms with Gasteiger partial charge >= 0.3 is 0 Å². The van der Waals surface area contributed by atoms with Crippen LogP contribution in [-0.4, -0.2) is 36.7 Å². The van der Waals surface area contributed by atoms with Gasteiger partial charge in [-0.05, 0) is 36.6 Å². The highest BCUT2D eigenvalue weighted by atomic mass is 35.5. The van der Waals surface area contributed by atoms with Crippen molar-refractivity contribution in [2.45, 2.75) is 25.5 Å². The highest BCUT2D eigenvalue weighted by Gasteiger charge is 2.23. The molecule has 0 spiro atoms. The Morgan fingerprint density at radius 2 is 2.04 bits per heavy atom. The zero-order chi connectivity index (χ0) is 17.5. The van der Waals surface area contributed by atoms with Gasteiger partial charge in [0.05, 0.1) is 6.10 Å². The number of ether oxygens (including phenoxy) is 2. The minimum absolute atomic E-state index is 0.0140. The number of hydrogen-bond donors (Lipinski definition) is 0. The molecule has 0 saturated carbocycles. The largest absolute Gasteiger partial charge is 0.484 e. The first-order chi connectivity index (χ1) is 12.2. The summed E-state index contributed by atoms with van der Waals surface area (Å²) in [6.45, 7) is 1.90. The van der Waals surface area contributed by atoms with Gasteiger partial charge in [0.15, 0.2) is 6.61 Å². The van der Waals surface area contributed by atoms with E-state index in [-0.39, 0.29) is 18.6 Å². The van der Waals surface area contributed by atoms with E-state index in [9.17, 15) is 4.79 Å². The lowest BCUT2D eigenvalue weighted by Gasteiger charge is -2.25. The molecule has 0 bridgehead atoms. The molecule has 1 aliphatic rings. The number of halogens is 1. The second kappa shape index (κ2) is 8.88. The van der Waals surface area contributed by atoms with Crippen LogP contribution in [0.5, 0.6) is 5.75 Å². The zero-order valence-electron chi connectivity index (χ0n) is 14.1. The van der Waals surface area contributed by atoms with Gasteiger partial charge in [-0.15, -0.1) is 0 Å². The SMILES string of the molecule is O=C(COc1cccc(Cl)c1)N(Cc1ccccc1)CC1CCCO1. The van der Waals surface area contributed by atoms with Crippen molar-refractivity contribution in [3.05, 3.63) is 65.2 Å². The zero-order valence-corrected chi connectivity index (χ0v) is 14.8. The van der Waals surface area contributed by atoms with E-state index in [2.05, 4.69) is 0 Å². The Bertz CT molecular complexity index is 686. The molecule has 1 fully saturated rings. The van der Waals surface area contributed by atoms with Crippen molar-refractivity contribution in [1.29, 1.82) is 0 Å². The molecule has 1 saturated heterocycles. The summed E-state index contributed by atoms with van der Waals surface area (Å²) < 4.78 is 11.3. The normalized spacial score (nSPS) is 16.6. The van der Waals surface area contributed by atoms with E-state index in [1.807, 2.05) is 35.2 Å². The topological polar surface area (TPSA) is 38.8 Å². The van der Waals surface area contributed by atoms with Gasteiger partial charge in [0.1, 0.15) is 5.75 Å². The van der Waals surface area contributed by atoms with Crippen molar-refractivity contribution in [1.82, 2.24) is 4.90 Å². The molecule has 0 radical (unpaired) electrons. The van der Waals surface area contributed by atoms with E-state index < -0.39 is 0 Å². The third-order valence-electron chi connectivity index (χ3n) is 4.18. The Labute approximate surface area is 153 Å². The summed E-state index contributed by atoms with van der Waals surface area (Å²) in [7, 11) is 0. The maximum Gasteiger partial charge on any atom is 0.260 e. The summed E-state index contributed by atoms with van der Waals surface area (Å²) in [4.78, 5) is 14.5. The molecule has 132 valence electrons. The van der Waals surface area contributed by atoms with Gasteiger partial charge in [-0.3, -0.25) is 4.79 Å². The average Bonchev–Trinajstić information content (AvgIpc) is 3.13. The Morgan fingerprint density at radius 3 is 2.76 bits per heavy atom. The van der Waals surface area contributed by atoms with E-state index in [0.29, 0.717) is 23.9 Å². The van der Waals surface area contributed by atoms with Gasteiger partial charge in [-0.2, -0.15) is 0 Å². The summed E-state index contributed by atoms with van der Waals surface area (Å²) in [5.41, 5.74) is 1.09. The quantitative estimate of drug-likeness (QED) is 0.752. The monoisotopic (exact) mass is 359 g/mol. The second-order valence-corrected chi connectivity index (χ2v) is 6.58. The lowest BCUT2D eigenvalue weighted by molar-refractivity contribution is -0.135. The summed E-state index contributed by atoms with van der Waals surface area (Å²) >= 11 is 5.95.